The summed E-state index contributed by atoms with van der Waals surface area (Å²) < 4.78 is 0.941. The molecule has 1 amide bonds. The van der Waals surface area contributed by atoms with Crippen LogP contribution >= 0.6 is 15.9 Å². The molecule has 0 saturated carbocycles. The molecule has 3 aromatic carbocycles. The van der Waals surface area contributed by atoms with Gasteiger partial charge in [-0.1, -0.05) is 52.3 Å². The number of aliphatic imine (C=N–C) groups is 1. The van der Waals surface area contributed by atoms with Crippen molar-refractivity contribution in [2.45, 2.75) is 6.92 Å². The van der Waals surface area contributed by atoms with E-state index in [1.54, 1.807) is 0 Å². The van der Waals surface area contributed by atoms with Gasteiger partial charge in [0.1, 0.15) is 5.71 Å². The Hall–Kier alpha value is -2.46. The quantitative estimate of drug-likeness (QED) is 0.649. The Morgan fingerprint density at radius 3 is 2.70 bits per heavy atom. The number of fused-ring (bicyclic) bond motifs is 2. The Morgan fingerprint density at radius 2 is 1.83 bits per heavy atom. The number of aryl methyl sites for hydroxylation is 1. The van der Waals surface area contributed by atoms with Gasteiger partial charge in [-0.15, -0.1) is 0 Å². The first-order chi connectivity index (χ1) is 11.1. The third kappa shape index (κ3) is 2.35. The smallest absolute Gasteiger partial charge is 0.275 e. The lowest BCUT2D eigenvalue weighted by molar-refractivity contribution is -0.110. The second-order valence-electron chi connectivity index (χ2n) is 5.56. The number of amides is 1. The monoisotopic (exact) mass is 364 g/mol. The predicted octanol–water partition coefficient (Wildman–Crippen LogP) is 4.98. The molecule has 1 aliphatic rings. The molecular formula is C19H13BrN2O. The van der Waals surface area contributed by atoms with E-state index in [1.807, 2.05) is 61.5 Å². The number of carbonyl (C=O) groups is 1. The van der Waals surface area contributed by atoms with Crippen molar-refractivity contribution in [1.29, 1.82) is 0 Å². The number of carbonyl (C=O) groups excluding carboxylic acids is 1. The average Bonchev–Trinajstić information content (AvgIpc) is 2.85. The van der Waals surface area contributed by atoms with Gasteiger partial charge in [0.2, 0.25) is 0 Å². The van der Waals surface area contributed by atoms with Gasteiger partial charge in [-0.25, -0.2) is 4.99 Å². The Kier molecular flexibility index (Phi) is 3.27. The summed E-state index contributed by atoms with van der Waals surface area (Å²) in [6.07, 6.45) is 0. The third-order valence-electron chi connectivity index (χ3n) is 4.01. The maximum atomic E-state index is 12.4. The van der Waals surface area contributed by atoms with E-state index in [2.05, 4.69) is 26.2 Å². The highest BCUT2D eigenvalue weighted by Gasteiger charge is 2.27. The zero-order valence-electron chi connectivity index (χ0n) is 12.4. The van der Waals surface area contributed by atoms with Crippen molar-refractivity contribution < 1.29 is 4.79 Å². The van der Waals surface area contributed by atoms with Crippen LogP contribution < -0.4 is 5.32 Å². The van der Waals surface area contributed by atoms with Crippen LogP contribution in [0, 0.1) is 6.92 Å². The molecule has 0 spiro atoms. The van der Waals surface area contributed by atoms with E-state index in [4.69, 9.17) is 0 Å². The number of hydrogen-bond donors (Lipinski definition) is 1. The normalized spacial score (nSPS) is 15.0. The predicted molar refractivity (Wildman–Crippen MR) is 97.7 cm³/mol. The van der Waals surface area contributed by atoms with Gasteiger partial charge in [0, 0.05) is 15.4 Å². The fourth-order valence-electron chi connectivity index (χ4n) is 2.93. The molecule has 1 aliphatic heterocycles. The summed E-state index contributed by atoms with van der Waals surface area (Å²) in [4.78, 5) is 17.1. The molecule has 112 valence electrons. The molecule has 4 heteroatoms. The lowest BCUT2D eigenvalue weighted by atomic mass is 10.1. The van der Waals surface area contributed by atoms with E-state index < -0.39 is 0 Å². The fourth-order valence-corrected chi connectivity index (χ4v) is 3.50. The summed E-state index contributed by atoms with van der Waals surface area (Å²) in [7, 11) is 0. The van der Waals surface area contributed by atoms with Gasteiger partial charge in [0.25, 0.3) is 5.91 Å². The molecule has 0 bridgehead atoms. The largest absolute Gasteiger partial charge is 0.320 e. The number of nitrogens with one attached hydrogen (secondary N) is 1. The second-order valence-corrected chi connectivity index (χ2v) is 6.47. The molecule has 0 atom stereocenters. The van der Waals surface area contributed by atoms with Crippen molar-refractivity contribution in [3.63, 3.8) is 0 Å². The van der Waals surface area contributed by atoms with Crippen LogP contribution in [-0.4, -0.2) is 11.6 Å². The summed E-state index contributed by atoms with van der Waals surface area (Å²) in [5.41, 5.74) is 3.97. The molecule has 0 radical (unpaired) electrons. The molecule has 0 saturated heterocycles. The Morgan fingerprint density at radius 1 is 1.04 bits per heavy atom. The fraction of sp³-hybridized carbons (Fsp3) is 0.0526. The van der Waals surface area contributed by atoms with Gasteiger partial charge in [0.05, 0.1) is 11.4 Å². The van der Waals surface area contributed by atoms with Crippen LogP contribution in [0.5, 0.6) is 0 Å². The van der Waals surface area contributed by atoms with Crippen LogP contribution in [0.1, 0.15) is 11.1 Å². The van der Waals surface area contributed by atoms with Crippen molar-refractivity contribution >= 4 is 49.7 Å². The number of hydrogen-bond acceptors (Lipinski definition) is 2. The van der Waals surface area contributed by atoms with Crippen LogP contribution in [0.25, 0.3) is 10.8 Å². The molecule has 0 unspecified atom stereocenters. The molecule has 4 rings (SSSR count). The van der Waals surface area contributed by atoms with E-state index >= 15 is 0 Å². The molecule has 0 aliphatic carbocycles. The van der Waals surface area contributed by atoms with Crippen molar-refractivity contribution in [2.75, 3.05) is 5.32 Å². The highest BCUT2D eigenvalue weighted by atomic mass is 79.9. The van der Waals surface area contributed by atoms with Crippen LogP contribution in [0.4, 0.5) is 11.4 Å². The van der Waals surface area contributed by atoms with Gasteiger partial charge >= 0.3 is 0 Å². The molecule has 1 heterocycles. The van der Waals surface area contributed by atoms with E-state index in [-0.39, 0.29) is 5.91 Å². The first-order valence-corrected chi connectivity index (χ1v) is 8.11. The Balaban J connectivity index is 1.94. The molecule has 1 N–H and O–H groups in total. The first kappa shape index (κ1) is 14.2. The molecular weight excluding hydrogens is 352 g/mol. The van der Waals surface area contributed by atoms with Crippen LogP contribution in [0.2, 0.25) is 0 Å². The molecule has 3 aromatic rings. The highest BCUT2D eigenvalue weighted by molar-refractivity contribution is 9.10. The summed E-state index contributed by atoms with van der Waals surface area (Å²) >= 11 is 3.49. The third-order valence-corrected chi connectivity index (χ3v) is 4.47. The van der Waals surface area contributed by atoms with E-state index in [1.165, 1.54) is 0 Å². The van der Waals surface area contributed by atoms with Gasteiger partial charge in [-0.3, -0.25) is 4.79 Å². The lowest BCUT2D eigenvalue weighted by Crippen LogP contribution is -2.14. The summed E-state index contributed by atoms with van der Waals surface area (Å²) in [5, 5.41) is 5.07. The standard InChI is InChI=1S/C19H13BrN2O/c1-11-9-13(20)10-15-17(11)22-19(23)18(15)21-16-8-4-6-12-5-2-3-7-14(12)16/h2-10H,1H3,(H,21,22,23). The van der Waals surface area contributed by atoms with Gasteiger partial charge in [0.15, 0.2) is 0 Å². The minimum Gasteiger partial charge on any atom is -0.320 e. The van der Waals surface area contributed by atoms with E-state index in [0.717, 1.165) is 37.7 Å². The van der Waals surface area contributed by atoms with Crippen LogP contribution in [0.15, 0.2) is 64.1 Å². The SMILES string of the molecule is Cc1cc(Br)cc2c1NC(=O)C2=Nc1cccc2ccccc12. The number of nitrogens with zero attached hydrogens (tertiary/aromatic N) is 1. The Bertz CT molecular complexity index is 987. The number of halogens is 1. The second kappa shape index (κ2) is 5.32. The lowest BCUT2D eigenvalue weighted by Gasteiger charge is -2.04. The number of anilines is 1. The van der Waals surface area contributed by atoms with Crippen molar-refractivity contribution in [3.05, 3.63) is 70.2 Å². The van der Waals surface area contributed by atoms with Crippen LogP contribution in [-0.2, 0) is 4.79 Å². The van der Waals surface area contributed by atoms with Gasteiger partial charge < -0.3 is 5.32 Å². The van der Waals surface area contributed by atoms with Crippen molar-refractivity contribution in [3.8, 4) is 0 Å². The maximum absolute atomic E-state index is 12.4. The summed E-state index contributed by atoms with van der Waals surface area (Å²) in [6.45, 7) is 1.98. The molecule has 0 aromatic heterocycles. The van der Waals surface area contributed by atoms with Gasteiger partial charge in [-0.2, -0.15) is 0 Å². The zero-order valence-corrected chi connectivity index (χ0v) is 14.0. The minimum atomic E-state index is -0.158. The molecule has 3 nitrogen and oxygen atoms in total. The van der Waals surface area contributed by atoms with Crippen LogP contribution in [0.3, 0.4) is 0 Å². The first-order valence-electron chi connectivity index (χ1n) is 7.32. The van der Waals surface area contributed by atoms with E-state index in [9.17, 15) is 4.79 Å². The zero-order chi connectivity index (χ0) is 16.0. The van der Waals surface area contributed by atoms with E-state index in [0.29, 0.717) is 5.71 Å². The summed E-state index contributed by atoms with van der Waals surface area (Å²) in [5.74, 6) is -0.158. The Labute approximate surface area is 142 Å². The number of benzene rings is 3. The minimum absolute atomic E-state index is 0.158. The highest BCUT2D eigenvalue weighted by Crippen LogP contribution is 2.33. The van der Waals surface area contributed by atoms with Gasteiger partial charge in [-0.05, 0) is 36.1 Å². The number of rotatable bonds is 1. The molecule has 23 heavy (non-hydrogen) atoms. The van der Waals surface area contributed by atoms with Crippen molar-refractivity contribution in [1.82, 2.24) is 0 Å². The topological polar surface area (TPSA) is 41.5 Å². The summed E-state index contributed by atoms with van der Waals surface area (Å²) in [6, 6.07) is 17.9. The maximum Gasteiger partial charge on any atom is 0.275 e. The molecule has 0 fully saturated rings. The van der Waals surface area contributed by atoms with Crippen molar-refractivity contribution in [2.24, 2.45) is 4.99 Å². The average molecular weight is 365 g/mol.